The number of hydrogen-bond donors (Lipinski definition) is 1. The minimum absolute atomic E-state index is 0.250. The number of nitrogens with one attached hydrogen (secondary N) is 1. The molecule has 0 fully saturated rings. The standard InChI is InChI=1S/C24H23FN6O2/c1-16-13-31(15-27-16)20-8-7-19(11-21(20)32-2)28-24-26-12-22-23(29-24)30(9-10-33-22)14-17-3-5-18(25)6-4-17/h3-8,11-13,15H,9-10,14H2,1-2H3,(H,26,28,29). The second-order valence-electron chi connectivity index (χ2n) is 7.71. The molecule has 1 aliphatic heterocycles. The van der Waals surface area contributed by atoms with E-state index in [-0.39, 0.29) is 5.82 Å². The van der Waals surface area contributed by atoms with Crippen molar-refractivity contribution < 1.29 is 13.9 Å². The largest absolute Gasteiger partial charge is 0.494 e. The van der Waals surface area contributed by atoms with Crippen molar-refractivity contribution in [1.29, 1.82) is 0 Å². The monoisotopic (exact) mass is 446 g/mol. The van der Waals surface area contributed by atoms with Gasteiger partial charge in [-0.2, -0.15) is 4.98 Å². The summed E-state index contributed by atoms with van der Waals surface area (Å²) in [5.74, 6) is 2.20. The number of aryl methyl sites for hydroxylation is 1. The second kappa shape index (κ2) is 8.78. The molecule has 0 radical (unpaired) electrons. The summed E-state index contributed by atoms with van der Waals surface area (Å²) in [7, 11) is 1.63. The molecule has 0 unspecified atom stereocenters. The Balaban J connectivity index is 1.39. The minimum atomic E-state index is -0.250. The fourth-order valence-corrected chi connectivity index (χ4v) is 3.74. The summed E-state index contributed by atoms with van der Waals surface area (Å²) in [5, 5.41) is 3.25. The van der Waals surface area contributed by atoms with Crippen molar-refractivity contribution in [1.82, 2.24) is 19.5 Å². The molecule has 4 aromatic rings. The molecule has 33 heavy (non-hydrogen) atoms. The van der Waals surface area contributed by atoms with Gasteiger partial charge in [-0.15, -0.1) is 0 Å². The zero-order valence-electron chi connectivity index (χ0n) is 18.3. The van der Waals surface area contributed by atoms with E-state index in [1.54, 1.807) is 31.8 Å². The van der Waals surface area contributed by atoms with Crippen LogP contribution in [0, 0.1) is 12.7 Å². The zero-order valence-corrected chi connectivity index (χ0v) is 18.3. The van der Waals surface area contributed by atoms with Crippen LogP contribution in [0.2, 0.25) is 0 Å². The van der Waals surface area contributed by atoms with Crippen LogP contribution in [0.25, 0.3) is 5.69 Å². The molecule has 2 aromatic carbocycles. The Morgan fingerprint density at radius 1 is 1.15 bits per heavy atom. The molecule has 1 N–H and O–H groups in total. The molecule has 168 valence electrons. The SMILES string of the molecule is COc1cc(Nc2ncc3c(n2)N(Cc2ccc(F)cc2)CCO3)ccc1-n1cnc(C)c1. The number of hydrogen-bond acceptors (Lipinski definition) is 7. The van der Waals surface area contributed by atoms with Crippen molar-refractivity contribution in [3.05, 3.63) is 78.3 Å². The number of methoxy groups -OCH3 is 1. The molecule has 0 spiro atoms. The van der Waals surface area contributed by atoms with E-state index in [9.17, 15) is 4.39 Å². The Bertz CT molecular complexity index is 1270. The van der Waals surface area contributed by atoms with E-state index in [1.165, 1.54) is 12.1 Å². The van der Waals surface area contributed by atoms with Crippen LogP contribution >= 0.6 is 0 Å². The topological polar surface area (TPSA) is 77.3 Å². The summed E-state index contributed by atoms with van der Waals surface area (Å²) in [5.41, 5.74) is 3.59. The van der Waals surface area contributed by atoms with Gasteiger partial charge in [-0.05, 0) is 36.8 Å². The van der Waals surface area contributed by atoms with Gasteiger partial charge in [0.2, 0.25) is 5.95 Å². The van der Waals surface area contributed by atoms with Gasteiger partial charge in [0.1, 0.15) is 18.2 Å². The van der Waals surface area contributed by atoms with Crippen LogP contribution in [-0.2, 0) is 6.54 Å². The molecule has 0 saturated heterocycles. The Morgan fingerprint density at radius 3 is 2.76 bits per heavy atom. The summed E-state index contributed by atoms with van der Waals surface area (Å²) in [4.78, 5) is 15.5. The van der Waals surface area contributed by atoms with Crippen LogP contribution < -0.4 is 19.7 Å². The highest BCUT2D eigenvalue weighted by molar-refractivity contribution is 5.64. The average Bonchev–Trinajstić information content (AvgIpc) is 3.27. The molecule has 9 heteroatoms. The number of halogens is 1. The number of ether oxygens (including phenoxy) is 2. The maximum Gasteiger partial charge on any atom is 0.229 e. The van der Waals surface area contributed by atoms with Gasteiger partial charge in [-0.1, -0.05) is 12.1 Å². The highest BCUT2D eigenvalue weighted by Gasteiger charge is 2.21. The maximum atomic E-state index is 13.3. The molecule has 5 rings (SSSR count). The van der Waals surface area contributed by atoms with Gasteiger partial charge in [-0.3, -0.25) is 0 Å². The number of rotatable bonds is 6. The van der Waals surface area contributed by atoms with Crippen LogP contribution in [0.4, 0.5) is 21.8 Å². The van der Waals surface area contributed by atoms with E-state index in [0.29, 0.717) is 43.0 Å². The highest BCUT2D eigenvalue weighted by Crippen LogP contribution is 2.32. The summed E-state index contributed by atoms with van der Waals surface area (Å²) in [6, 6.07) is 12.3. The summed E-state index contributed by atoms with van der Waals surface area (Å²) < 4.78 is 26.5. The van der Waals surface area contributed by atoms with Crippen LogP contribution in [0.15, 0.2) is 61.2 Å². The first-order valence-corrected chi connectivity index (χ1v) is 10.5. The summed E-state index contributed by atoms with van der Waals surface area (Å²) in [6.45, 7) is 3.75. The number of aromatic nitrogens is 4. The molecular formula is C24H23FN6O2. The molecule has 0 amide bonds. The van der Waals surface area contributed by atoms with E-state index in [2.05, 4.69) is 20.2 Å². The summed E-state index contributed by atoms with van der Waals surface area (Å²) >= 11 is 0. The van der Waals surface area contributed by atoms with Gasteiger partial charge in [-0.25, -0.2) is 14.4 Å². The molecular weight excluding hydrogens is 423 g/mol. The van der Waals surface area contributed by atoms with E-state index in [1.807, 2.05) is 35.9 Å². The third-order valence-electron chi connectivity index (χ3n) is 5.37. The predicted octanol–water partition coefficient (Wildman–Crippen LogP) is 4.26. The van der Waals surface area contributed by atoms with E-state index < -0.39 is 0 Å². The third kappa shape index (κ3) is 4.43. The van der Waals surface area contributed by atoms with Crippen LogP contribution in [0.1, 0.15) is 11.3 Å². The highest BCUT2D eigenvalue weighted by atomic mass is 19.1. The molecule has 0 aliphatic carbocycles. The lowest BCUT2D eigenvalue weighted by atomic mass is 10.2. The Labute approximate surface area is 190 Å². The predicted molar refractivity (Wildman–Crippen MR) is 123 cm³/mol. The smallest absolute Gasteiger partial charge is 0.229 e. The summed E-state index contributed by atoms with van der Waals surface area (Å²) in [6.07, 6.45) is 5.36. The van der Waals surface area contributed by atoms with Crippen molar-refractivity contribution in [3.8, 4) is 17.2 Å². The normalized spacial score (nSPS) is 12.8. The zero-order chi connectivity index (χ0) is 22.8. The van der Waals surface area contributed by atoms with Crippen molar-refractivity contribution in [2.24, 2.45) is 0 Å². The van der Waals surface area contributed by atoms with Gasteiger partial charge >= 0.3 is 0 Å². The van der Waals surface area contributed by atoms with Crippen molar-refractivity contribution in [2.45, 2.75) is 13.5 Å². The van der Waals surface area contributed by atoms with E-state index in [4.69, 9.17) is 14.5 Å². The molecule has 1 aliphatic rings. The average molecular weight is 446 g/mol. The van der Waals surface area contributed by atoms with Crippen molar-refractivity contribution in [3.63, 3.8) is 0 Å². The van der Waals surface area contributed by atoms with E-state index >= 15 is 0 Å². The van der Waals surface area contributed by atoms with Crippen LogP contribution in [-0.4, -0.2) is 39.8 Å². The maximum absolute atomic E-state index is 13.3. The van der Waals surface area contributed by atoms with Crippen LogP contribution in [0.3, 0.4) is 0 Å². The molecule has 8 nitrogen and oxygen atoms in total. The molecule has 0 bridgehead atoms. The number of benzene rings is 2. The third-order valence-corrected chi connectivity index (χ3v) is 5.37. The quantitative estimate of drug-likeness (QED) is 0.474. The fourth-order valence-electron chi connectivity index (χ4n) is 3.74. The van der Waals surface area contributed by atoms with Gasteiger partial charge in [0.05, 0.1) is 37.6 Å². The number of imidazole rings is 1. The molecule has 0 saturated carbocycles. The molecule has 2 aromatic heterocycles. The van der Waals surface area contributed by atoms with Crippen molar-refractivity contribution in [2.75, 3.05) is 30.5 Å². The number of nitrogens with zero attached hydrogens (tertiary/aromatic N) is 5. The van der Waals surface area contributed by atoms with Gasteiger partial charge in [0.15, 0.2) is 11.6 Å². The first-order valence-electron chi connectivity index (χ1n) is 10.5. The Kier molecular flexibility index (Phi) is 5.52. The number of fused-ring (bicyclic) bond motifs is 1. The lowest BCUT2D eigenvalue weighted by Gasteiger charge is -2.30. The lowest BCUT2D eigenvalue weighted by molar-refractivity contribution is 0.303. The second-order valence-corrected chi connectivity index (χ2v) is 7.71. The first-order chi connectivity index (χ1) is 16.1. The Morgan fingerprint density at radius 2 is 2.00 bits per heavy atom. The minimum Gasteiger partial charge on any atom is -0.494 e. The molecule has 0 atom stereocenters. The lowest BCUT2D eigenvalue weighted by Crippen LogP contribution is -2.33. The van der Waals surface area contributed by atoms with Gasteiger partial charge in [0, 0.05) is 24.5 Å². The number of anilines is 3. The van der Waals surface area contributed by atoms with Crippen LogP contribution in [0.5, 0.6) is 11.5 Å². The Hall–Kier alpha value is -4.14. The molecule has 3 heterocycles. The van der Waals surface area contributed by atoms with E-state index in [0.717, 1.165) is 22.6 Å². The van der Waals surface area contributed by atoms with Gasteiger partial charge in [0.25, 0.3) is 0 Å². The van der Waals surface area contributed by atoms with Gasteiger partial charge < -0.3 is 24.3 Å². The van der Waals surface area contributed by atoms with Crippen molar-refractivity contribution >= 4 is 17.5 Å². The fraction of sp³-hybridized carbons (Fsp3) is 0.208. The first kappa shape index (κ1) is 20.7.